The van der Waals surface area contributed by atoms with E-state index in [-0.39, 0.29) is 18.9 Å². The molecule has 0 atom stereocenters. The number of nitrogens with one attached hydrogen (secondary N) is 1. The minimum absolute atomic E-state index is 0.138. The van der Waals surface area contributed by atoms with Crippen molar-refractivity contribution in [3.63, 3.8) is 0 Å². The highest BCUT2D eigenvalue weighted by molar-refractivity contribution is 7.92. The summed E-state index contributed by atoms with van der Waals surface area (Å²) in [6.45, 7) is 2.87. The van der Waals surface area contributed by atoms with Crippen LogP contribution in [0.4, 0.5) is 5.69 Å². The van der Waals surface area contributed by atoms with Crippen LogP contribution in [0.5, 0.6) is 11.5 Å². The topological polar surface area (TPSA) is 84.9 Å². The maximum absolute atomic E-state index is 12.1. The maximum Gasteiger partial charge on any atom is 0.232 e. The van der Waals surface area contributed by atoms with Crippen LogP contribution in [0.2, 0.25) is 0 Å². The van der Waals surface area contributed by atoms with Gasteiger partial charge in [-0.3, -0.25) is 9.10 Å². The normalized spacial score (nSPS) is 11.0. The van der Waals surface area contributed by atoms with Gasteiger partial charge in [0.05, 0.1) is 25.6 Å². The zero-order valence-electron chi connectivity index (χ0n) is 17.1. The van der Waals surface area contributed by atoms with Crippen LogP contribution in [0.1, 0.15) is 18.4 Å². The second kappa shape index (κ2) is 10.7. The van der Waals surface area contributed by atoms with Gasteiger partial charge < -0.3 is 14.8 Å². The minimum atomic E-state index is -3.42. The van der Waals surface area contributed by atoms with Gasteiger partial charge in [0.2, 0.25) is 15.9 Å². The Morgan fingerprint density at radius 1 is 1.10 bits per heavy atom. The Balaban J connectivity index is 1.73. The number of ether oxygens (including phenoxy) is 2. The van der Waals surface area contributed by atoms with Crippen LogP contribution in [-0.4, -0.2) is 47.4 Å². The summed E-state index contributed by atoms with van der Waals surface area (Å²) < 4.78 is 36.2. The Morgan fingerprint density at radius 3 is 2.41 bits per heavy atom. The second-order valence-corrected chi connectivity index (χ2v) is 8.56. The molecule has 2 aromatic rings. The lowest BCUT2D eigenvalue weighted by atomic mass is 10.2. The maximum atomic E-state index is 12.1. The van der Waals surface area contributed by atoms with E-state index in [4.69, 9.17) is 9.47 Å². The van der Waals surface area contributed by atoms with Crippen LogP contribution in [0.25, 0.3) is 0 Å². The summed E-state index contributed by atoms with van der Waals surface area (Å²) in [7, 11) is -1.82. The molecule has 0 bridgehead atoms. The summed E-state index contributed by atoms with van der Waals surface area (Å²) in [6, 6.07) is 14.5. The molecular formula is C21H28N2O5S. The first-order valence-corrected chi connectivity index (χ1v) is 11.2. The number of benzene rings is 2. The van der Waals surface area contributed by atoms with Crippen LogP contribution < -0.4 is 19.1 Å². The molecule has 1 N–H and O–H groups in total. The SMILES string of the molecule is COc1ccc(OCCNC(=O)CCCN(c2cccc(C)c2)S(C)(=O)=O)cc1. The van der Waals surface area contributed by atoms with Crippen molar-refractivity contribution in [2.45, 2.75) is 19.8 Å². The Bertz CT molecular complexity index is 898. The van der Waals surface area contributed by atoms with Crippen molar-refractivity contribution < 1.29 is 22.7 Å². The van der Waals surface area contributed by atoms with Gasteiger partial charge in [0, 0.05) is 13.0 Å². The summed E-state index contributed by atoms with van der Waals surface area (Å²) >= 11 is 0. The highest BCUT2D eigenvalue weighted by atomic mass is 32.2. The van der Waals surface area contributed by atoms with Gasteiger partial charge in [-0.1, -0.05) is 12.1 Å². The number of anilines is 1. The molecule has 7 nitrogen and oxygen atoms in total. The average Bonchev–Trinajstić information content (AvgIpc) is 2.68. The van der Waals surface area contributed by atoms with Crippen molar-refractivity contribution in [1.29, 1.82) is 0 Å². The molecule has 0 aliphatic rings. The van der Waals surface area contributed by atoms with E-state index < -0.39 is 10.0 Å². The number of methoxy groups -OCH3 is 1. The Kier molecular flexibility index (Phi) is 8.33. The predicted octanol–water partition coefficient (Wildman–Crippen LogP) is 2.75. The van der Waals surface area contributed by atoms with E-state index >= 15 is 0 Å². The van der Waals surface area contributed by atoms with Crippen LogP contribution >= 0.6 is 0 Å². The monoisotopic (exact) mass is 420 g/mol. The molecule has 0 aromatic heterocycles. The fourth-order valence-electron chi connectivity index (χ4n) is 2.77. The first kappa shape index (κ1) is 22.5. The third-order valence-electron chi connectivity index (χ3n) is 4.21. The molecule has 0 aliphatic carbocycles. The zero-order valence-corrected chi connectivity index (χ0v) is 17.9. The van der Waals surface area contributed by atoms with Gasteiger partial charge in [0.1, 0.15) is 18.1 Å². The van der Waals surface area contributed by atoms with Gasteiger partial charge in [-0.25, -0.2) is 8.42 Å². The first-order chi connectivity index (χ1) is 13.8. The number of rotatable bonds is 11. The fraction of sp³-hybridized carbons (Fsp3) is 0.381. The highest BCUT2D eigenvalue weighted by Crippen LogP contribution is 2.19. The van der Waals surface area contributed by atoms with Crippen molar-refractivity contribution in [3.05, 3.63) is 54.1 Å². The molecule has 0 spiro atoms. The van der Waals surface area contributed by atoms with E-state index in [0.717, 1.165) is 11.3 Å². The molecule has 29 heavy (non-hydrogen) atoms. The van der Waals surface area contributed by atoms with Crippen molar-refractivity contribution >= 4 is 21.6 Å². The van der Waals surface area contributed by atoms with Crippen molar-refractivity contribution in [2.75, 3.05) is 37.4 Å². The minimum Gasteiger partial charge on any atom is -0.497 e. The van der Waals surface area contributed by atoms with E-state index in [9.17, 15) is 13.2 Å². The Hall–Kier alpha value is -2.74. The highest BCUT2D eigenvalue weighted by Gasteiger charge is 2.17. The summed E-state index contributed by atoms with van der Waals surface area (Å²) in [5, 5.41) is 2.78. The molecule has 0 saturated heterocycles. The zero-order chi connectivity index (χ0) is 21.3. The van der Waals surface area contributed by atoms with Crippen LogP contribution in [0, 0.1) is 6.92 Å². The van der Waals surface area contributed by atoms with Gasteiger partial charge in [-0.05, 0) is 55.3 Å². The molecular weight excluding hydrogens is 392 g/mol. The molecule has 0 aliphatic heterocycles. The van der Waals surface area contributed by atoms with E-state index in [0.29, 0.717) is 31.0 Å². The van der Waals surface area contributed by atoms with Gasteiger partial charge in [-0.15, -0.1) is 0 Å². The number of hydrogen-bond donors (Lipinski definition) is 1. The summed E-state index contributed by atoms with van der Waals surface area (Å²) in [5.41, 5.74) is 1.59. The number of aryl methyl sites for hydroxylation is 1. The van der Waals surface area contributed by atoms with Gasteiger partial charge in [-0.2, -0.15) is 0 Å². The molecule has 0 heterocycles. The van der Waals surface area contributed by atoms with E-state index in [1.807, 2.05) is 25.1 Å². The number of nitrogens with zero attached hydrogens (tertiary/aromatic N) is 1. The Morgan fingerprint density at radius 2 is 1.79 bits per heavy atom. The van der Waals surface area contributed by atoms with Crippen LogP contribution in [0.3, 0.4) is 0 Å². The second-order valence-electron chi connectivity index (χ2n) is 6.65. The summed E-state index contributed by atoms with van der Waals surface area (Å²) in [5.74, 6) is 1.31. The van der Waals surface area contributed by atoms with Crippen LogP contribution in [0.15, 0.2) is 48.5 Å². The number of carbonyl (C=O) groups is 1. The predicted molar refractivity (Wildman–Crippen MR) is 114 cm³/mol. The third-order valence-corrected chi connectivity index (χ3v) is 5.40. The molecule has 8 heteroatoms. The molecule has 0 saturated carbocycles. The summed E-state index contributed by atoms with van der Waals surface area (Å²) in [4.78, 5) is 12.0. The molecule has 2 rings (SSSR count). The standard InChI is InChI=1S/C21H28N2O5S/c1-17-6-4-7-18(16-17)23(29(3,25)26)14-5-8-21(24)22-13-15-28-20-11-9-19(27-2)10-12-20/h4,6-7,9-12,16H,5,8,13-15H2,1-3H3,(H,22,24). The number of sulfonamides is 1. The first-order valence-electron chi connectivity index (χ1n) is 9.37. The smallest absolute Gasteiger partial charge is 0.232 e. The van der Waals surface area contributed by atoms with Crippen LogP contribution in [-0.2, 0) is 14.8 Å². The average molecular weight is 421 g/mol. The molecule has 158 valence electrons. The molecule has 0 fully saturated rings. The van der Waals surface area contributed by atoms with E-state index in [2.05, 4.69) is 5.32 Å². The van der Waals surface area contributed by atoms with Crippen molar-refractivity contribution in [1.82, 2.24) is 5.32 Å². The van der Waals surface area contributed by atoms with Crippen molar-refractivity contribution in [2.24, 2.45) is 0 Å². The van der Waals surface area contributed by atoms with E-state index in [1.165, 1.54) is 10.6 Å². The van der Waals surface area contributed by atoms with Crippen molar-refractivity contribution in [3.8, 4) is 11.5 Å². The largest absolute Gasteiger partial charge is 0.497 e. The lowest BCUT2D eigenvalue weighted by molar-refractivity contribution is -0.121. The van der Waals surface area contributed by atoms with Gasteiger partial charge >= 0.3 is 0 Å². The van der Waals surface area contributed by atoms with Gasteiger partial charge in [0.15, 0.2) is 0 Å². The van der Waals surface area contributed by atoms with E-state index in [1.54, 1.807) is 37.4 Å². The number of amides is 1. The number of carbonyl (C=O) groups excluding carboxylic acids is 1. The lowest BCUT2D eigenvalue weighted by Crippen LogP contribution is -2.33. The third kappa shape index (κ3) is 7.65. The molecule has 2 aromatic carbocycles. The lowest BCUT2D eigenvalue weighted by Gasteiger charge is -2.22. The summed E-state index contributed by atoms with van der Waals surface area (Å²) in [6.07, 6.45) is 1.83. The molecule has 1 amide bonds. The molecule has 0 unspecified atom stereocenters. The number of hydrogen-bond acceptors (Lipinski definition) is 5. The quantitative estimate of drug-likeness (QED) is 0.565. The Labute approximate surface area is 172 Å². The molecule has 0 radical (unpaired) electrons. The fourth-order valence-corrected chi connectivity index (χ4v) is 3.73. The van der Waals surface area contributed by atoms with Gasteiger partial charge in [0.25, 0.3) is 0 Å².